The summed E-state index contributed by atoms with van der Waals surface area (Å²) in [6.45, 7) is 9.84. The number of hydrogen-bond donors (Lipinski definition) is 1. The number of nitrogens with one attached hydrogen (secondary N) is 1. The minimum Gasteiger partial charge on any atom is -0.493 e. The smallest absolute Gasteiger partial charge is 0.331 e. The fourth-order valence-corrected chi connectivity index (χ4v) is 5.38. The summed E-state index contributed by atoms with van der Waals surface area (Å²) < 4.78 is 34.3. The molecule has 1 saturated carbocycles. The van der Waals surface area contributed by atoms with Gasteiger partial charge in [0.15, 0.2) is 23.2 Å². The van der Waals surface area contributed by atoms with E-state index in [1.165, 1.54) is 51.5 Å². The van der Waals surface area contributed by atoms with Gasteiger partial charge >= 0.3 is 11.9 Å². The molecule has 0 spiro atoms. The van der Waals surface area contributed by atoms with Crippen molar-refractivity contribution in [3.63, 3.8) is 0 Å². The van der Waals surface area contributed by atoms with E-state index in [9.17, 15) is 14.4 Å². The fraction of sp³-hybridized carbons (Fsp3) is 0.742. The lowest BCUT2D eigenvalue weighted by atomic mass is 9.80. The van der Waals surface area contributed by atoms with Crippen molar-refractivity contribution in [1.82, 2.24) is 10.3 Å². The van der Waals surface area contributed by atoms with Gasteiger partial charge < -0.3 is 33.7 Å². The van der Waals surface area contributed by atoms with Crippen LogP contribution in [-0.4, -0.2) is 74.8 Å². The Morgan fingerprint density at radius 3 is 2.52 bits per heavy atom. The predicted octanol–water partition coefficient (Wildman–Crippen LogP) is 4.31. The molecule has 11 heteroatoms. The highest BCUT2D eigenvalue weighted by Crippen LogP contribution is 2.33. The van der Waals surface area contributed by atoms with Crippen molar-refractivity contribution in [1.29, 1.82) is 0 Å². The minimum atomic E-state index is -1.08. The van der Waals surface area contributed by atoms with E-state index in [1.54, 1.807) is 13.8 Å². The summed E-state index contributed by atoms with van der Waals surface area (Å²) in [5.74, 6) is -0.951. The molecule has 4 atom stereocenters. The summed E-state index contributed by atoms with van der Waals surface area (Å²) in [6.07, 6.45) is 7.60. The van der Waals surface area contributed by atoms with Crippen molar-refractivity contribution in [2.75, 3.05) is 33.7 Å². The Bertz CT molecular complexity index is 1030. The molecule has 1 aromatic heterocycles. The van der Waals surface area contributed by atoms with E-state index in [1.807, 2.05) is 6.92 Å². The Morgan fingerprint density at radius 1 is 1.12 bits per heavy atom. The van der Waals surface area contributed by atoms with Crippen molar-refractivity contribution in [3.05, 3.63) is 18.0 Å². The maximum Gasteiger partial charge on any atom is 0.331 e. The van der Waals surface area contributed by atoms with Gasteiger partial charge in [-0.3, -0.25) is 9.59 Å². The standard InChI is InChI=1S/C31H48N2O9/c1-19(2)15-39-27-21(5)42-31(36)24(17-38-16-23(27)14-22-10-8-7-9-11-22)33-29(34)26-28(25(37-6)12-13-32-26)40-18-41-30(35)20(3)4/h12-13,19-24,27H,7-11,14-18H2,1-6H3,(H,33,34)/t21-,23-,24-,27-/m0/s1. The summed E-state index contributed by atoms with van der Waals surface area (Å²) >= 11 is 0. The number of amides is 1. The Morgan fingerprint density at radius 2 is 1.86 bits per heavy atom. The summed E-state index contributed by atoms with van der Waals surface area (Å²) in [5, 5.41) is 2.69. The van der Waals surface area contributed by atoms with E-state index in [2.05, 4.69) is 24.1 Å². The Balaban J connectivity index is 1.74. The molecule has 0 aromatic carbocycles. The van der Waals surface area contributed by atoms with Crippen LogP contribution in [0.3, 0.4) is 0 Å². The zero-order valence-electron chi connectivity index (χ0n) is 25.9. The lowest BCUT2D eigenvalue weighted by Crippen LogP contribution is -2.46. The molecule has 3 rings (SSSR count). The van der Waals surface area contributed by atoms with Crippen molar-refractivity contribution >= 4 is 17.8 Å². The second kappa shape index (κ2) is 16.6. The maximum absolute atomic E-state index is 13.4. The third-order valence-corrected chi connectivity index (χ3v) is 7.60. The number of esters is 2. The van der Waals surface area contributed by atoms with E-state index in [0.717, 1.165) is 6.42 Å². The third-order valence-electron chi connectivity index (χ3n) is 7.60. The zero-order chi connectivity index (χ0) is 30.6. The molecule has 2 aliphatic rings. The van der Waals surface area contributed by atoms with Crippen LogP contribution in [0, 0.1) is 23.7 Å². The van der Waals surface area contributed by atoms with Gasteiger partial charge in [-0.1, -0.05) is 59.8 Å². The van der Waals surface area contributed by atoms with Crippen LogP contribution in [0.2, 0.25) is 0 Å². The van der Waals surface area contributed by atoms with Crippen LogP contribution in [0.15, 0.2) is 12.3 Å². The molecule has 236 valence electrons. The first-order chi connectivity index (χ1) is 20.1. The quantitative estimate of drug-likeness (QED) is 0.277. The monoisotopic (exact) mass is 592 g/mol. The normalized spacial score (nSPS) is 23.9. The number of ether oxygens (including phenoxy) is 6. The maximum atomic E-state index is 13.4. The van der Waals surface area contributed by atoms with Gasteiger partial charge in [-0.25, -0.2) is 9.78 Å². The lowest BCUT2D eigenvalue weighted by Gasteiger charge is -2.34. The summed E-state index contributed by atoms with van der Waals surface area (Å²) in [6, 6.07) is 0.429. The van der Waals surface area contributed by atoms with Crippen LogP contribution in [0.25, 0.3) is 0 Å². The second-order valence-electron chi connectivity index (χ2n) is 12.0. The lowest BCUT2D eigenvalue weighted by molar-refractivity contribution is -0.161. The number of methoxy groups -OCH3 is 1. The Labute approximate surface area is 249 Å². The molecule has 0 radical (unpaired) electrons. The molecule has 1 N–H and O–H groups in total. The van der Waals surface area contributed by atoms with E-state index >= 15 is 0 Å². The van der Waals surface area contributed by atoms with Gasteiger partial charge in [-0.05, 0) is 25.2 Å². The molecular weight excluding hydrogens is 544 g/mol. The number of carbonyl (C=O) groups is 3. The third kappa shape index (κ3) is 9.83. The molecule has 1 aliphatic heterocycles. The summed E-state index contributed by atoms with van der Waals surface area (Å²) in [5.41, 5.74) is -0.135. The molecular formula is C31H48N2O9. The van der Waals surface area contributed by atoms with Crippen LogP contribution < -0.4 is 14.8 Å². The number of cyclic esters (lactones) is 1. The molecule has 0 unspecified atom stereocenters. The van der Waals surface area contributed by atoms with Crippen molar-refractivity contribution in [2.45, 2.75) is 91.4 Å². The first-order valence-corrected chi connectivity index (χ1v) is 15.1. The van der Waals surface area contributed by atoms with Crippen molar-refractivity contribution in [2.24, 2.45) is 23.7 Å². The average molecular weight is 593 g/mol. The summed E-state index contributed by atoms with van der Waals surface area (Å²) in [7, 11) is 1.41. The first-order valence-electron chi connectivity index (χ1n) is 15.1. The van der Waals surface area contributed by atoms with Gasteiger partial charge in [-0.2, -0.15) is 0 Å². The van der Waals surface area contributed by atoms with Crippen LogP contribution in [0.5, 0.6) is 11.5 Å². The van der Waals surface area contributed by atoms with E-state index in [4.69, 9.17) is 28.4 Å². The largest absolute Gasteiger partial charge is 0.493 e. The van der Waals surface area contributed by atoms with E-state index in [-0.39, 0.29) is 41.7 Å². The zero-order valence-corrected chi connectivity index (χ0v) is 25.9. The van der Waals surface area contributed by atoms with Gasteiger partial charge in [-0.15, -0.1) is 0 Å². The van der Waals surface area contributed by atoms with Gasteiger partial charge in [0.25, 0.3) is 5.91 Å². The Kier molecular flexibility index (Phi) is 13.3. The van der Waals surface area contributed by atoms with Gasteiger partial charge in [0.05, 0.1) is 32.3 Å². The number of rotatable bonds is 12. The van der Waals surface area contributed by atoms with Crippen molar-refractivity contribution in [3.8, 4) is 11.5 Å². The van der Waals surface area contributed by atoms with Crippen molar-refractivity contribution < 1.29 is 42.8 Å². The summed E-state index contributed by atoms with van der Waals surface area (Å²) in [4.78, 5) is 42.7. The molecule has 42 heavy (non-hydrogen) atoms. The molecule has 2 fully saturated rings. The predicted molar refractivity (Wildman–Crippen MR) is 154 cm³/mol. The van der Waals surface area contributed by atoms with Crippen LogP contribution in [0.1, 0.15) is 83.6 Å². The molecule has 0 bridgehead atoms. The molecule has 11 nitrogen and oxygen atoms in total. The molecule has 2 heterocycles. The minimum absolute atomic E-state index is 0.0190. The average Bonchev–Trinajstić information content (AvgIpc) is 3.00. The molecule has 1 amide bonds. The second-order valence-corrected chi connectivity index (χ2v) is 12.0. The molecule has 1 aromatic rings. The molecule has 1 aliphatic carbocycles. The van der Waals surface area contributed by atoms with E-state index in [0.29, 0.717) is 25.0 Å². The van der Waals surface area contributed by atoms with E-state index < -0.39 is 36.8 Å². The fourth-order valence-electron chi connectivity index (χ4n) is 5.38. The number of pyridine rings is 1. The topological polar surface area (TPSA) is 132 Å². The van der Waals surface area contributed by atoms with Crippen LogP contribution >= 0.6 is 0 Å². The highest BCUT2D eigenvalue weighted by Gasteiger charge is 2.37. The van der Waals surface area contributed by atoms with Crippen LogP contribution in [-0.2, 0) is 28.5 Å². The molecule has 1 saturated heterocycles. The first kappa shape index (κ1) is 33.6. The highest BCUT2D eigenvalue weighted by atomic mass is 16.7. The highest BCUT2D eigenvalue weighted by molar-refractivity contribution is 5.98. The number of nitrogens with zero attached hydrogens (tertiary/aromatic N) is 1. The number of aromatic nitrogens is 1. The van der Waals surface area contributed by atoms with Crippen LogP contribution in [0.4, 0.5) is 0 Å². The number of carbonyl (C=O) groups excluding carboxylic acids is 3. The van der Waals surface area contributed by atoms with Gasteiger partial charge in [0, 0.05) is 24.8 Å². The SMILES string of the molecule is COc1ccnc(C(=O)N[C@H]2COC[C@H](CC3CCCCC3)[C@@H](OCC(C)C)[C@H](C)OC2=O)c1OCOC(=O)C(C)C. The van der Waals surface area contributed by atoms with Gasteiger partial charge in [0.2, 0.25) is 6.79 Å². The van der Waals surface area contributed by atoms with Gasteiger partial charge in [0.1, 0.15) is 6.10 Å². The Hall–Kier alpha value is -2.92. The number of hydrogen-bond acceptors (Lipinski definition) is 10.